The number of ether oxygens (including phenoxy) is 1. The van der Waals surface area contributed by atoms with Gasteiger partial charge in [-0.05, 0) is 48.8 Å². The Morgan fingerprint density at radius 1 is 1.32 bits per heavy atom. The molecule has 0 radical (unpaired) electrons. The fraction of sp³-hybridized carbons (Fsp3) is 0.588. The van der Waals surface area contributed by atoms with Crippen molar-refractivity contribution >= 4 is 6.03 Å². The molecule has 118 valence electrons. The minimum Gasteiger partial charge on any atom is -0.377 e. The maximum atomic E-state index is 13.8. The minimum atomic E-state index is -0.156. The van der Waals surface area contributed by atoms with E-state index >= 15 is 0 Å². The highest BCUT2D eigenvalue weighted by Crippen LogP contribution is 2.37. The van der Waals surface area contributed by atoms with E-state index in [1.807, 2.05) is 11.0 Å². The molecule has 2 fully saturated rings. The lowest BCUT2D eigenvalue weighted by molar-refractivity contribution is 0.00412. The molecule has 0 bridgehead atoms. The first-order chi connectivity index (χ1) is 10.7. The van der Waals surface area contributed by atoms with Crippen LogP contribution in [0.15, 0.2) is 18.2 Å². The van der Waals surface area contributed by atoms with Crippen LogP contribution in [-0.2, 0) is 11.2 Å². The monoisotopic (exact) mass is 304 g/mol. The molecule has 4 rings (SSSR count). The fourth-order valence-electron chi connectivity index (χ4n) is 3.74. The third-order valence-electron chi connectivity index (χ3n) is 5.10. The molecule has 2 aliphatic carbocycles. The summed E-state index contributed by atoms with van der Waals surface area (Å²) in [5, 5.41) is 3.11. The maximum Gasteiger partial charge on any atom is 0.318 e. The van der Waals surface area contributed by atoms with Crippen LogP contribution in [0.5, 0.6) is 0 Å². The average molecular weight is 304 g/mol. The number of fused-ring (bicyclic) bond motifs is 1. The lowest BCUT2D eigenvalue weighted by Crippen LogP contribution is -2.53. The van der Waals surface area contributed by atoms with Crippen molar-refractivity contribution in [2.75, 3.05) is 19.8 Å². The van der Waals surface area contributed by atoms with Crippen LogP contribution in [0.1, 0.15) is 36.4 Å². The van der Waals surface area contributed by atoms with E-state index in [4.69, 9.17) is 4.74 Å². The Balaban J connectivity index is 1.47. The lowest BCUT2D eigenvalue weighted by Gasteiger charge is -2.36. The molecule has 2 atom stereocenters. The summed E-state index contributed by atoms with van der Waals surface area (Å²) in [6, 6.07) is 5.26. The number of hydrogen-bond acceptors (Lipinski definition) is 2. The Hall–Kier alpha value is -1.62. The smallest absolute Gasteiger partial charge is 0.318 e. The normalized spacial score (nSPS) is 27.6. The summed E-state index contributed by atoms with van der Waals surface area (Å²) in [5.74, 6) is 0.441. The van der Waals surface area contributed by atoms with E-state index in [-0.39, 0.29) is 23.9 Å². The van der Waals surface area contributed by atoms with Gasteiger partial charge in [0.1, 0.15) is 5.82 Å². The Bertz CT molecular complexity index is 588. The van der Waals surface area contributed by atoms with Crippen molar-refractivity contribution in [2.24, 2.45) is 5.92 Å². The molecule has 0 spiro atoms. The summed E-state index contributed by atoms with van der Waals surface area (Å²) < 4.78 is 19.3. The molecule has 1 aliphatic heterocycles. The van der Waals surface area contributed by atoms with Crippen molar-refractivity contribution in [2.45, 2.75) is 37.8 Å². The second-order valence-corrected chi connectivity index (χ2v) is 6.52. The maximum absolute atomic E-state index is 13.8. The van der Waals surface area contributed by atoms with Gasteiger partial charge in [-0.3, -0.25) is 0 Å². The zero-order valence-electron chi connectivity index (χ0n) is 12.6. The summed E-state index contributed by atoms with van der Waals surface area (Å²) in [5.41, 5.74) is 1.69. The van der Waals surface area contributed by atoms with Crippen LogP contribution in [0.2, 0.25) is 0 Å². The third kappa shape index (κ3) is 2.47. The van der Waals surface area contributed by atoms with Gasteiger partial charge in [0.25, 0.3) is 0 Å². The second-order valence-electron chi connectivity index (χ2n) is 6.52. The molecular formula is C17H21FN2O2. The number of carbonyl (C=O) groups excluding carboxylic acids is 1. The first-order valence-corrected chi connectivity index (χ1v) is 8.16. The molecule has 1 aromatic carbocycles. The van der Waals surface area contributed by atoms with Gasteiger partial charge < -0.3 is 15.0 Å². The van der Waals surface area contributed by atoms with Gasteiger partial charge in [-0.25, -0.2) is 9.18 Å². The molecular weight excluding hydrogens is 283 g/mol. The van der Waals surface area contributed by atoms with Crippen molar-refractivity contribution in [3.63, 3.8) is 0 Å². The van der Waals surface area contributed by atoms with Gasteiger partial charge in [0.2, 0.25) is 0 Å². The van der Waals surface area contributed by atoms with E-state index in [2.05, 4.69) is 5.32 Å². The number of nitrogens with one attached hydrogen (secondary N) is 1. The van der Waals surface area contributed by atoms with Gasteiger partial charge in [0.15, 0.2) is 0 Å². The van der Waals surface area contributed by atoms with Crippen molar-refractivity contribution < 1.29 is 13.9 Å². The highest BCUT2D eigenvalue weighted by Gasteiger charge is 2.40. The summed E-state index contributed by atoms with van der Waals surface area (Å²) in [7, 11) is 0. The molecule has 0 aromatic heterocycles. The zero-order valence-corrected chi connectivity index (χ0v) is 12.6. The van der Waals surface area contributed by atoms with E-state index in [0.29, 0.717) is 32.1 Å². The summed E-state index contributed by atoms with van der Waals surface area (Å²) in [6.07, 6.45) is 3.85. The standard InChI is InChI=1S/C17H21FN2O2/c18-14-3-1-2-13-12(14)6-7-15(13)19-17(21)20-8-9-22-10-16(20)11-4-5-11/h1-3,11,15-16H,4-10H2,(H,19,21)/t15-,16+/m1/s1. The van der Waals surface area contributed by atoms with Gasteiger partial charge in [-0.2, -0.15) is 0 Å². The Morgan fingerprint density at radius 2 is 2.18 bits per heavy atom. The molecule has 3 aliphatic rings. The van der Waals surface area contributed by atoms with Crippen LogP contribution in [0.4, 0.5) is 9.18 Å². The van der Waals surface area contributed by atoms with E-state index in [9.17, 15) is 9.18 Å². The van der Waals surface area contributed by atoms with Crippen LogP contribution >= 0.6 is 0 Å². The van der Waals surface area contributed by atoms with Crippen molar-refractivity contribution in [3.05, 3.63) is 35.1 Å². The van der Waals surface area contributed by atoms with E-state index in [1.165, 1.54) is 18.9 Å². The van der Waals surface area contributed by atoms with E-state index < -0.39 is 0 Å². The van der Waals surface area contributed by atoms with Crippen LogP contribution in [0, 0.1) is 11.7 Å². The number of halogens is 1. The zero-order chi connectivity index (χ0) is 15.1. The van der Waals surface area contributed by atoms with E-state index in [1.54, 1.807) is 6.07 Å². The predicted octanol–water partition coefficient (Wildman–Crippen LogP) is 2.63. The molecule has 1 saturated heterocycles. The Kier molecular flexibility index (Phi) is 3.53. The number of nitrogens with zero attached hydrogens (tertiary/aromatic N) is 1. The number of amides is 2. The van der Waals surface area contributed by atoms with Crippen LogP contribution in [0.25, 0.3) is 0 Å². The van der Waals surface area contributed by atoms with Crippen LogP contribution in [0.3, 0.4) is 0 Å². The molecule has 1 heterocycles. The lowest BCUT2D eigenvalue weighted by atomic mass is 10.1. The van der Waals surface area contributed by atoms with Crippen molar-refractivity contribution in [3.8, 4) is 0 Å². The molecule has 1 aromatic rings. The van der Waals surface area contributed by atoms with Gasteiger partial charge in [0, 0.05) is 6.54 Å². The van der Waals surface area contributed by atoms with Gasteiger partial charge >= 0.3 is 6.03 Å². The Labute approximate surface area is 129 Å². The number of morpholine rings is 1. The predicted molar refractivity (Wildman–Crippen MR) is 80.0 cm³/mol. The van der Waals surface area contributed by atoms with E-state index in [0.717, 1.165) is 17.5 Å². The molecule has 1 N–H and O–H groups in total. The van der Waals surface area contributed by atoms with Gasteiger partial charge in [-0.1, -0.05) is 12.1 Å². The largest absolute Gasteiger partial charge is 0.377 e. The van der Waals surface area contributed by atoms with Gasteiger partial charge in [-0.15, -0.1) is 0 Å². The second kappa shape index (κ2) is 5.54. The van der Waals surface area contributed by atoms with Crippen molar-refractivity contribution in [1.82, 2.24) is 10.2 Å². The number of rotatable bonds is 2. The highest BCUT2D eigenvalue weighted by molar-refractivity contribution is 5.75. The van der Waals surface area contributed by atoms with Gasteiger partial charge in [0.05, 0.1) is 25.3 Å². The number of carbonyl (C=O) groups is 1. The first-order valence-electron chi connectivity index (χ1n) is 8.16. The third-order valence-corrected chi connectivity index (χ3v) is 5.10. The number of hydrogen-bond donors (Lipinski definition) is 1. The summed E-state index contributed by atoms with van der Waals surface area (Å²) >= 11 is 0. The highest BCUT2D eigenvalue weighted by atomic mass is 19.1. The molecule has 2 amide bonds. The topological polar surface area (TPSA) is 41.6 Å². The molecule has 22 heavy (non-hydrogen) atoms. The minimum absolute atomic E-state index is 0.0256. The average Bonchev–Trinajstić information content (AvgIpc) is 3.30. The number of benzene rings is 1. The molecule has 0 unspecified atom stereocenters. The Morgan fingerprint density at radius 3 is 3.00 bits per heavy atom. The van der Waals surface area contributed by atoms with Crippen LogP contribution in [-0.4, -0.2) is 36.7 Å². The summed E-state index contributed by atoms with van der Waals surface area (Å²) in [4.78, 5) is 14.6. The number of urea groups is 1. The molecule has 5 heteroatoms. The summed E-state index contributed by atoms with van der Waals surface area (Å²) in [6.45, 7) is 1.90. The van der Waals surface area contributed by atoms with Crippen LogP contribution < -0.4 is 5.32 Å². The first kappa shape index (κ1) is 14.0. The quantitative estimate of drug-likeness (QED) is 0.912. The molecule has 4 nitrogen and oxygen atoms in total. The SMILES string of the molecule is O=C(N[C@@H]1CCc2c(F)cccc21)N1CCOC[C@H]1C1CC1. The molecule has 1 saturated carbocycles. The fourth-order valence-corrected chi connectivity index (χ4v) is 3.74. The van der Waals surface area contributed by atoms with Crippen molar-refractivity contribution in [1.29, 1.82) is 0 Å².